The summed E-state index contributed by atoms with van der Waals surface area (Å²) in [6, 6.07) is 15.4. The number of likely N-dealkylation sites (N-methyl/N-ethyl adjacent to an activating group) is 1. The predicted molar refractivity (Wildman–Crippen MR) is 172 cm³/mol. The van der Waals surface area contributed by atoms with Gasteiger partial charge in [-0.2, -0.15) is 0 Å². The van der Waals surface area contributed by atoms with Crippen molar-refractivity contribution in [3.63, 3.8) is 0 Å². The van der Waals surface area contributed by atoms with Crippen molar-refractivity contribution in [3.8, 4) is 22.8 Å². The molecule has 1 aromatic heterocycles. The highest BCUT2D eigenvalue weighted by Gasteiger charge is 2.21. The number of anilines is 1. The number of rotatable bonds is 13. The standard InChI is InChI=1S/C32H44N6O4S/c1-3-4-5-29(42-27-12-8-25(9-13-27)31(33)35-39)41-26-10-6-24(7-11-26)30-28(14-15-37-18-16-36(2)17-19-37)43-32(34-30)38-20-22-40-23-21-38/h6-13,29,39H,3-5,14-23H2,1-2H3,(H2,33,35). The van der Waals surface area contributed by atoms with Crippen molar-refractivity contribution in [1.82, 2.24) is 14.8 Å². The fourth-order valence-corrected chi connectivity index (χ4v) is 6.35. The van der Waals surface area contributed by atoms with Gasteiger partial charge >= 0.3 is 0 Å². The van der Waals surface area contributed by atoms with E-state index in [2.05, 4.69) is 46.0 Å². The number of nitrogens with zero attached hydrogens (tertiary/aromatic N) is 5. The van der Waals surface area contributed by atoms with Gasteiger partial charge in [-0.15, -0.1) is 11.3 Å². The van der Waals surface area contributed by atoms with Gasteiger partial charge in [-0.3, -0.25) is 0 Å². The normalized spacial score (nSPS) is 17.6. The number of unbranched alkanes of at least 4 members (excludes halogenated alkanes) is 1. The van der Waals surface area contributed by atoms with E-state index in [0.29, 0.717) is 11.3 Å². The number of thiazole rings is 1. The Morgan fingerprint density at radius 1 is 1.00 bits per heavy atom. The van der Waals surface area contributed by atoms with Crippen LogP contribution in [0.15, 0.2) is 53.7 Å². The van der Waals surface area contributed by atoms with Gasteiger partial charge in [0, 0.05) is 68.2 Å². The van der Waals surface area contributed by atoms with Gasteiger partial charge in [-0.25, -0.2) is 4.98 Å². The van der Waals surface area contributed by atoms with Crippen LogP contribution in [-0.2, 0) is 11.2 Å². The maximum absolute atomic E-state index is 8.92. The van der Waals surface area contributed by atoms with E-state index in [0.717, 1.165) is 107 Å². The van der Waals surface area contributed by atoms with E-state index in [1.807, 2.05) is 23.5 Å². The molecule has 11 heteroatoms. The van der Waals surface area contributed by atoms with Crippen LogP contribution in [0.2, 0.25) is 0 Å². The Morgan fingerprint density at radius 3 is 2.28 bits per heavy atom. The number of amidine groups is 1. The lowest BCUT2D eigenvalue weighted by atomic mass is 10.1. The Kier molecular flexibility index (Phi) is 11.1. The topological polar surface area (TPSA) is 109 Å². The predicted octanol–water partition coefficient (Wildman–Crippen LogP) is 4.51. The summed E-state index contributed by atoms with van der Waals surface area (Å²) in [7, 11) is 2.20. The van der Waals surface area contributed by atoms with Crippen molar-refractivity contribution in [2.45, 2.75) is 38.9 Å². The first kappa shape index (κ1) is 31.1. The smallest absolute Gasteiger partial charge is 0.241 e. The molecule has 0 aliphatic carbocycles. The number of piperazine rings is 1. The van der Waals surface area contributed by atoms with Crippen LogP contribution in [0, 0.1) is 0 Å². The fourth-order valence-electron chi connectivity index (χ4n) is 5.22. The number of hydrogen-bond donors (Lipinski definition) is 2. The van der Waals surface area contributed by atoms with Crippen molar-refractivity contribution < 1.29 is 19.4 Å². The summed E-state index contributed by atoms with van der Waals surface area (Å²) in [6.07, 6.45) is 3.32. The van der Waals surface area contributed by atoms with Gasteiger partial charge in [-0.1, -0.05) is 18.5 Å². The molecule has 1 atom stereocenters. The molecule has 2 fully saturated rings. The SMILES string of the molecule is CCCCC(Oc1ccc(C(N)=NO)cc1)Oc1ccc(-c2nc(N3CCOCC3)sc2CCN2CCN(C)CC2)cc1. The molecule has 0 amide bonds. The summed E-state index contributed by atoms with van der Waals surface area (Å²) in [5.74, 6) is 1.47. The highest BCUT2D eigenvalue weighted by Crippen LogP contribution is 2.35. The van der Waals surface area contributed by atoms with Gasteiger partial charge in [0.15, 0.2) is 11.0 Å². The highest BCUT2D eigenvalue weighted by molar-refractivity contribution is 7.16. The van der Waals surface area contributed by atoms with E-state index in [1.54, 1.807) is 24.3 Å². The number of aromatic nitrogens is 1. The van der Waals surface area contributed by atoms with E-state index in [-0.39, 0.29) is 5.84 Å². The van der Waals surface area contributed by atoms with Gasteiger partial charge in [0.05, 0.1) is 18.9 Å². The summed E-state index contributed by atoms with van der Waals surface area (Å²) in [4.78, 5) is 13.8. The second-order valence-corrected chi connectivity index (χ2v) is 12.2. The molecule has 0 spiro atoms. The summed E-state index contributed by atoms with van der Waals surface area (Å²) in [5.41, 5.74) is 8.48. The first-order valence-electron chi connectivity index (χ1n) is 15.3. The Labute approximate surface area is 258 Å². The average molecular weight is 609 g/mol. The molecule has 3 heterocycles. The number of hydrogen-bond acceptors (Lipinski definition) is 10. The van der Waals surface area contributed by atoms with Crippen molar-refractivity contribution >= 4 is 22.3 Å². The summed E-state index contributed by atoms with van der Waals surface area (Å²) in [5, 5.41) is 13.1. The van der Waals surface area contributed by atoms with Crippen LogP contribution in [0.4, 0.5) is 5.13 Å². The van der Waals surface area contributed by atoms with Crippen LogP contribution >= 0.6 is 11.3 Å². The van der Waals surface area contributed by atoms with Crippen LogP contribution in [0.1, 0.15) is 36.6 Å². The third-order valence-corrected chi connectivity index (χ3v) is 9.11. The Balaban J connectivity index is 1.29. The van der Waals surface area contributed by atoms with E-state index >= 15 is 0 Å². The highest BCUT2D eigenvalue weighted by atomic mass is 32.1. The molecule has 0 bridgehead atoms. The summed E-state index contributed by atoms with van der Waals surface area (Å²) in [6.45, 7) is 10.9. The van der Waals surface area contributed by atoms with Crippen molar-refractivity contribution in [1.29, 1.82) is 0 Å². The quantitative estimate of drug-likeness (QED) is 0.0953. The third-order valence-electron chi connectivity index (χ3n) is 7.93. The Hall–Kier alpha value is -3.38. The number of oxime groups is 1. The minimum atomic E-state index is -0.438. The van der Waals surface area contributed by atoms with Gasteiger partial charge < -0.3 is 39.9 Å². The van der Waals surface area contributed by atoms with Crippen LogP contribution in [-0.4, -0.2) is 98.2 Å². The fraction of sp³-hybridized carbons (Fsp3) is 0.500. The van der Waals surface area contributed by atoms with Crippen molar-refractivity contribution in [2.75, 3.05) is 71.0 Å². The maximum atomic E-state index is 8.92. The zero-order chi connectivity index (χ0) is 30.0. The van der Waals surface area contributed by atoms with Crippen molar-refractivity contribution in [3.05, 3.63) is 59.0 Å². The molecule has 2 saturated heterocycles. The molecule has 10 nitrogen and oxygen atoms in total. The van der Waals surface area contributed by atoms with E-state index in [4.69, 9.17) is 30.1 Å². The molecule has 0 saturated carbocycles. The average Bonchev–Trinajstić information content (AvgIpc) is 3.48. The third kappa shape index (κ3) is 8.60. The van der Waals surface area contributed by atoms with Crippen LogP contribution < -0.4 is 20.1 Å². The summed E-state index contributed by atoms with van der Waals surface area (Å²) >= 11 is 1.82. The molecule has 5 rings (SSSR count). The van der Waals surface area contributed by atoms with Gasteiger partial charge in [0.25, 0.3) is 0 Å². The van der Waals surface area contributed by atoms with Gasteiger partial charge in [-0.05, 0) is 68.4 Å². The Bertz CT molecular complexity index is 1300. The maximum Gasteiger partial charge on any atom is 0.241 e. The van der Waals surface area contributed by atoms with E-state index in [9.17, 15) is 0 Å². The Morgan fingerprint density at radius 2 is 1.65 bits per heavy atom. The molecular formula is C32H44N6O4S. The first-order chi connectivity index (χ1) is 21.0. The molecule has 232 valence electrons. The molecule has 2 aromatic carbocycles. The van der Waals surface area contributed by atoms with Gasteiger partial charge in [0.2, 0.25) is 6.29 Å². The minimum Gasteiger partial charge on any atom is -0.455 e. The lowest BCUT2D eigenvalue weighted by Crippen LogP contribution is -2.45. The zero-order valence-corrected chi connectivity index (χ0v) is 26.1. The van der Waals surface area contributed by atoms with Crippen LogP contribution in [0.3, 0.4) is 0 Å². The zero-order valence-electron chi connectivity index (χ0n) is 25.3. The number of nitrogens with two attached hydrogens (primary N) is 1. The van der Waals surface area contributed by atoms with E-state index in [1.165, 1.54) is 4.88 Å². The molecular weight excluding hydrogens is 564 g/mol. The molecule has 1 unspecified atom stereocenters. The molecule has 3 aromatic rings. The minimum absolute atomic E-state index is 0.0603. The molecule has 2 aliphatic rings. The second kappa shape index (κ2) is 15.4. The number of ether oxygens (including phenoxy) is 3. The van der Waals surface area contributed by atoms with E-state index < -0.39 is 6.29 Å². The van der Waals surface area contributed by atoms with Crippen LogP contribution in [0.5, 0.6) is 11.5 Å². The lowest BCUT2D eigenvalue weighted by Gasteiger charge is -2.32. The molecule has 2 aliphatic heterocycles. The van der Waals surface area contributed by atoms with Crippen molar-refractivity contribution in [2.24, 2.45) is 10.9 Å². The largest absolute Gasteiger partial charge is 0.455 e. The lowest BCUT2D eigenvalue weighted by molar-refractivity contribution is -0.00211. The first-order valence-corrected chi connectivity index (χ1v) is 16.1. The second-order valence-electron chi connectivity index (χ2n) is 11.1. The monoisotopic (exact) mass is 608 g/mol. The molecule has 0 radical (unpaired) electrons. The number of benzene rings is 2. The van der Waals surface area contributed by atoms with Gasteiger partial charge in [0.1, 0.15) is 11.5 Å². The molecule has 3 N–H and O–H groups in total. The number of morpholine rings is 1. The molecule has 43 heavy (non-hydrogen) atoms. The summed E-state index contributed by atoms with van der Waals surface area (Å²) < 4.78 is 18.1. The van der Waals surface area contributed by atoms with Crippen LogP contribution in [0.25, 0.3) is 11.3 Å².